The van der Waals surface area contributed by atoms with Gasteiger partial charge in [-0.3, -0.25) is 19.1 Å². The van der Waals surface area contributed by atoms with Crippen molar-refractivity contribution in [3.05, 3.63) is 53.5 Å². The summed E-state index contributed by atoms with van der Waals surface area (Å²) in [7, 11) is 1.64. The number of amides is 2. The topological polar surface area (TPSA) is 107 Å². The minimum Gasteiger partial charge on any atom is -0.363 e. The van der Waals surface area contributed by atoms with Gasteiger partial charge in [0, 0.05) is 18.8 Å². The maximum absolute atomic E-state index is 13.7. The monoisotopic (exact) mass is 426 g/mol. The molecule has 3 rings (SSSR count). The van der Waals surface area contributed by atoms with Crippen molar-refractivity contribution < 1.29 is 18.8 Å². The Morgan fingerprint density at radius 2 is 2.03 bits per heavy atom. The van der Waals surface area contributed by atoms with Gasteiger partial charge in [-0.15, -0.1) is 0 Å². The Balaban J connectivity index is 1.89. The number of ketones is 1. The largest absolute Gasteiger partial charge is 0.363 e. The first-order valence-corrected chi connectivity index (χ1v) is 10.3. The Labute approximate surface area is 180 Å². The molecule has 0 bridgehead atoms. The van der Waals surface area contributed by atoms with Gasteiger partial charge >= 0.3 is 0 Å². The van der Waals surface area contributed by atoms with E-state index in [1.54, 1.807) is 13.1 Å². The molecule has 1 aliphatic carbocycles. The number of Topliss-reactive ketones (excluding diaryl/α,β-unsaturated/α-hetero) is 1. The van der Waals surface area contributed by atoms with Crippen LogP contribution >= 0.6 is 0 Å². The number of nitrogens with two attached hydrogens (primary N) is 1. The Morgan fingerprint density at radius 1 is 1.29 bits per heavy atom. The molecule has 2 aromatic rings. The lowest BCUT2D eigenvalue weighted by molar-refractivity contribution is -0.137. The molecule has 1 aliphatic rings. The maximum atomic E-state index is 13.7. The second-order valence-corrected chi connectivity index (χ2v) is 8.23. The molecule has 8 heteroatoms. The predicted molar refractivity (Wildman–Crippen MR) is 114 cm³/mol. The number of hydrogen-bond donors (Lipinski definition) is 2. The van der Waals surface area contributed by atoms with E-state index < -0.39 is 29.5 Å². The first-order valence-electron chi connectivity index (χ1n) is 10.3. The van der Waals surface area contributed by atoms with Gasteiger partial charge in [0.05, 0.1) is 5.56 Å². The van der Waals surface area contributed by atoms with Crippen LogP contribution in [-0.4, -0.2) is 33.4 Å². The number of rotatable bonds is 7. The lowest BCUT2D eigenvalue weighted by atomic mass is 9.81. The van der Waals surface area contributed by atoms with Crippen LogP contribution in [0.25, 0.3) is 11.3 Å². The summed E-state index contributed by atoms with van der Waals surface area (Å²) in [6.45, 7) is 4.16. The number of allylic oxidation sites excluding steroid dienone is 1. The van der Waals surface area contributed by atoms with E-state index in [2.05, 4.69) is 30.3 Å². The Hall–Kier alpha value is -3.29. The molecule has 0 spiro atoms. The smallest absolute Gasteiger partial charge is 0.287 e. The van der Waals surface area contributed by atoms with Crippen molar-refractivity contribution in [3.63, 3.8) is 0 Å². The number of aryl methyl sites for hydroxylation is 1. The average Bonchev–Trinajstić information content (AvgIpc) is 3.11. The van der Waals surface area contributed by atoms with Gasteiger partial charge in [-0.05, 0) is 43.2 Å². The van der Waals surface area contributed by atoms with Crippen molar-refractivity contribution in [3.8, 4) is 11.3 Å². The fourth-order valence-electron chi connectivity index (χ4n) is 3.94. The zero-order valence-electron chi connectivity index (χ0n) is 17.9. The Morgan fingerprint density at radius 3 is 2.71 bits per heavy atom. The highest BCUT2D eigenvalue weighted by molar-refractivity contribution is 6.38. The van der Waals surface area contributed by atoms with Gasteiger partial charge in [0.25, 0.3) is 11.8 Å². The van der Waals surface area contributed by atoms with E-state index in [4.69, 9.17) is 5.73 Å². The molecule has 3 atom stereocenters. The summed E-state index contributed by atoms with van der Waals surface area (Å²) in [6.07, 6.45) is 5.84. The van der Waals surface area contributed by atoms with Crippen molar-refractivity contribution in [2.45, 2.75) is 39.2 Å². The van der Waals surface area contributed by atoms with Crippen LogP contribution in [0.1, 0.15) is 43.5 Å². The molecule has 164 valence electrons. The van der Waals surface area contributed by atoms with Gasteiger partial charge in [0.1, 0.15) is 17.6 Å². The molecule has 31 heavy (non-hydrogen) atoms. The molecular weight excluding hydrogens is 399 g/mol. The number of hydrogen-bond acceptors (Lipinski definition) is 4. The Bertz CT molecular complexity index is 1040. The molecule has 0 aliphatic heterocycles. The third kappa shape index (κ3) is 5.25. The highest BCUT2D eigenvalue weighted by atomic mass is 19.1. The Kier molecular flexibility index (Phi) is 6.68. The third-order valence-electron chi connectivity index (χ3n) is 5.66. The fraction of sp³-hybridized carbons (Fsp3) is 0.391. The minimum atomic E-state index is -1.10. The summed E-state index contributed by atoms with van der Waals surface area (Å²) in [5.41, 5.74) is 7.15. The molecule has 7 nitrogen and oxygen atoms in total. The van der Waals surface area contributed by atoms with Gasteiger partial charge in [-0.2, -0.15) is 5.10 Å². The lowest BCUT2D eigenvalue weighted by Crippen LogP contribution is -2.46. The third-order valence-corrected chi connectivity index (χ3v) is 5.66. The van der Waals surface area contributed by atoms with Gasteiger partial charge in [-0.25, -0.2) is 4.39 Å². The molecule has 0 radical (unpaired) electrons. The molecule has 3 unspecified atom stereocenters. The summed E-state index contributed by atoms with van der Waals surface area (Å²) in [5.74, 6) is -2.37. The van der Waals surface area contributed by atoms with Gasteiger partial charge in [0.15, 0.2) is 0 Å². The number of nitrogens with zero attached hydrogens (tertiary/aromatic N) is 2. The normalized spacial score (nSPS) is 19.4. The van der Waals surface area contributed by atoms with Crippen LogP contribution in [0.3, 0.4) is 0 Å². The van der Waals surface area contributed by atoms with Gasteiger partial charge < -0.3 is 11.1 Å². The first-order chi connectivity index (χ1) is 14.7. The number of benzene rings is 1. The van der Waals surface area contributed by atoms with E-state index in [0.717, 1.165) is 18.4 Å². The van der Waals surface area contributed by atoms with Crippen molar-refractivity contribution in [2.75, 3.05) is 0 Å². The zero-order chi connectivity index (χ0) is 22.7. The maximum Gasteiger partial charge on any atom is 0.287 e. The number of nitrogens with one attached hydrogen (secondary N) is 1. The predicted octanol–water partition coefficient (Wildman–Crippen LogP) is 2.76. The highest BCUT2D eigenvalue weighted by Gasteiger charge is 2.30. The van der Waals surface area contributed by atoms with Crippen molar-refractivity contribution >= 4 is 17.6 Å². The molecule has 0 saturated carbocycles. The zero-order valence-corrected chi connectivity index (χ0v) is 17.9. The number of aromatic nitrogens is 2. The van der Waals surface area contributed by atoms with E-state index in [-0.39, 0.29) is 23.6 Å². The molecule has 1 heterocycles. The molecule has 3 N–H and O–H groups in total. The van der Waals surface area contributed by atoms with E-state index >= 15 is 0 Å². The molecule has 1 aromatic carbocycles. The van der Waals surface area contributed by atoms with Crippen LogP contribution in [-0.2, 0) is 16.6 Å². The van der Waals surface area contributed by atoms with E-state index in [9.17, 15) is 18.8 Å². The van der Waals surface area contributed by atoms with Crippen molar-refractivity contribution in [1.29, 1.82) is 0 Å². The van der Waals surface area contributed by atoms with Crippen LogP contribution < -0.4 is 11.1 Å². The van der Waals surface area contributed by atoms with E-state index in [1.807, 2.05) is 0 Å². The molecule has 0 saturated heterocycles. The van der Waals surface area contributed by atoms with E-state index in [0.29, 0.717) is 11.5 Å². The number of carbonyl (C=O) groups is 3. The van der Waals surface area contributed by atoms with Crippen LogP contribution in [0, 0.1) is 17.7 Å². The van der Waals surface area contributed by atoms with Crippen LogP contribution in [0.15, 0.2) is 42.1 Å². The van der Waals surface area contributed by atoms with Crippen LogP contribution in [0.5, 0.6) is 0 Å². The average molecular weight is 426 g/mol. The molecule has 0 fully saturated rings. The highest BCUT2D eigenvalue weighted by Crippen LogP contribution is 2.31. The van der Waals surface area contributed by atoms with Crippen molar-refractivity contribution in [1.82, 2.24) is 15.1 Å². The molecular formula is C23H27FN4O3. The van der Waals surface area contributed by atoms with Crippen LogP contribution in [0.2, 0.25) is 0 Å². The summed E-state index contributed by atoms with van der Waals surface area (Å²) in [5, 5.41) is 6.93. The molecule has 2 amide bonds. The minimum absolute atomic E-state index is 0.175. The quantitative estimate of drug-likeness (QED) is 0.524. The first kappa shape index (κ1) is 22.4. The van der Waals surface area contributed by atoms with E-state index in [1.165, 1.54) is 29.1 Å². The summed E-state index contributed by atoms with van der Waals surface area (Å²) < 4.78 is 15.1. The number of halogens is 1. The standard InChI is InChI=1S/C23H27FN4O3/c1-13-7-8-14(2)16(9-13)11-19(21(29)22(25)30)26-23(31)18-12-28(3)27-20(18)15-5-4-6-17(24)10-15/h4-6,9-10,12-14,19H,7-8,11H2,1-3H3,(H2,25,30)(H,26,31). The van der Waals surface area contributed by atoms with Crippen molar-refractivity contribution in [2.24, 2.45) is 24.6 Å². The second kappa shape index (κ2) is 9.24. The number of primary amides is 1. The fourth-order valence-corrected chi connectivity index (χ4v) is 3.94. The SMILES string of the molecule is CC1C=C(CC(NC(=O)c2cn(C)nc2-c2cccc(F)c2)C(=O)C(N)=O)C(C)CC1. The van der Waals surface area contributed by atoms with Gasteiger partial charge in [-0.1, -0.05) is 37.6 Å². The summed E-state index contributed by atoms with van der Waals surface area (Å²) >= 11 is 0. The van der Waals surface area contributed by atoms with Gasteiger partial charge in [0.2, 0.25) is 5.78 Å². The number of carbonyl (C=O) groups excluding carboxylic acids is 3. The van der Waals surface area contributed by atoms with Crippen LogP contribution in [0.4, 0.5) is 4.39 Å². The summed E-state index contributed by atoms with van der Waals surface area (Å²) in [4.78, 5) is 37.2. The second-order valence-electron chi connectivity index (χ2n) is 8.23. The summed E-state index contributed by atoms with van der Waals surface area (Å²) in [6, 6.07) is 4.67. The molecule has 1 aromatic heterocycles. The lowest BCUT2D eigenvalue weighted by Gasteiger charge is -2.27.